The molecule has 0 N–H and O–H groups in total. The number of aryl methyl sites for hydroxylation is 2. The van der Waals surface area contributed by atoms with E-state index in [9.17, 15) is 8.42 Å². The van der Waals surface area contributed by atoms with Crippen molar-refractivity contribution in [1.82, 2.24) is 14.7 Å². The van der Waals surface area contributed by atoms with Gasteiger partial charge in [-0.25, -0.2) is 13.4 Å². The third-order valence-electron chi connectivity index (χ3n) is 3.27. The molecule has 3 rings (SSSR count). The van der Waals surface area contributed by atoms with Crippen molar-refractivity contribution < 1.29 is 12.9 Å². The van der Waals surface area contributed by atoms with E-state index in [0.29, 0.717) is 11.5 Å². The first-order valence-corrected chi connectivity index (χ1v) is 8.37. The van der Waals surface area contributed by atoms with Gasteiger partial charge in [0.2, 0.25) is 15.0 Å². The summed E-state index contributed by atoms with van der Waals surface area (Å²) in [4.78, 5) is 4.02. The zero-order chi connectivity index (χ0) is 15.7. The van der Waals surface area contributed by atoms with Gasteiger partial charge in [0.1, 0.15) is 5.75 Å². The molecule has 0 saturated carbocycles. The second kappa shape index (κ2) is 5.42. The van der Waals surface area contributed by atoms with Gasteiger partial charge in [-0.15, -0.1) is 0 Å². The molecule has 0 amide bonds. The lowest BCUT2D eigenvalue weighted by molar-refractivity contribution is 0.388. The van der Waals surface area contributed by atoms with Crippen LogP contribution in [-0.4, -0.2) is 23.1 Å². The van der Waals surface area contributed by atoms with Gasteiger partial charge in [0.25, 0.3) is 0 Å². The molecule has 0 saturated heterocycles. The SMILES string of the molecule is Cc1cc(CS(=O)(=O)c2nccn2-c2ccccc2C)on1. The maximum absolute atomic E-state index is 12.6. The van der Waals surface area contributed by atoms with Crippen LogP contribution in [-0.2, 0) is 15.6 Å². The van der Waals surface area contributed by atoms with Gasteiger partial charge in [0, 0.05) is 18.5 Å². The molecule has 0 atom stereocenters. The highest BCUT2D eigenvalue weighted by molar-refractivity contribution is 7.90. The molecule has 114 valence electrons. The Kier molecular flexibility index (Phi) is 3.58. The van der Waals surface area contributed by atoms with Crippen LogP contribution in [0.15, 0.2) is 52.4 Å². The summed E-state index contributed by atoms with van der Waals surface area (Å²) in [5, 5.41) is 3.71. The number of para-hydroxylation sites is 1. The summed E-state index contributed by atoms with van der Waals surface area (Å²) in [6, 6.07) is 9.15. The largest absolute Gasteiger partial charge is 0.360 e. The third kappa shape index (κ3) is 2.67. The highest BCUT2D eigenvalue weighted by Gasteiger charge is 2.24. The fourth-order valence-corrected chi connectivity index (χ4v) is 3.59. The zero-order valence-corrected chi connectivity index (χ0v) is 13.0. The van der Waals surface area contributed by atoms with Gasteiger partial charge in [-0.1, -0.05) is 23.4 Å². The topological polar surface area (TPSA) is 78.0 Å². The molecule has 3 aromatic rings. The Morgan fingerprint density at radius 3 is 2.68 bits per heavy atom. The summed E-state index contributed by atoms with van der Waals surface area (Å²) in [5.41, 5.74) is 2.40. The monoisotopic (exact) mass is 317 g/mol. The molecule has 0 aliphatic carbocycles. The minimum Gasteiger partial charge on any atom is -0.360 e. The van der Waals surface area contributed by atoms with E-state index in [1.165, 1.54) is 6.20 Å². The number of aromatic nitrogens is 3. The van der Waals surface area contributed by atoms with E-state index in [4.69, 9.17) is 4.52 Å². The van der Waals surface area contributed by atoms with Crippen LogP contribution in [0.2, 0.25) is 0 Å². The second-order valence-electron chi connectivity index (χ2n) is 5.06. The standard InChI is InChI=1S/C15H15N3O3S/c1-11-5-3-4-6-14(11)18-8-7-16-15(18)22(19,20)10-13-9-12(2)17-21-13/h3-9H,10H2,1-2H3. The van der Waals surface area contributed by atoms with Gasteiger partial charge in [-0.2, -0.15) is 0 Å². The fourth-order valence-electron chi connectivity index (χ4n) is 2.27. The smallest absolute Gasteiger partial charge is 0.232 e. The molecule has 0 aliphatic heterocycles. The predicted molar refractivity (Wildman–Crippen MR) is 80.4 cm³/mol. The van der Waals surface area contributed by atoms with Crippen LogP contribution in [0.3, 0.4) is 0 Å². The highest BCUT2D eigenvalue weighted by Crippen LogP contribution is 2.21. The molecule has 22 heavy (non-hydrogen) atoms. The van der Waals surface area contributed by atoms with Crippen molar-refractivity contribution in [2.24, 2.45) is 0 Å². The molecule has 0 aliphatic rings. The summed E-state index contributed by atoms with van der Waals surface area (Å²) in [6.45, 7) is 3.67. The van der Waals surface area contributed by atoms with Crippen molar-refractivity contribution in [1.29, 1.82) is 0 Å². The Morgan fingerprint density at radius 2 is 2.00 bits per heavy atom. The van der Waals surface area contributed by atoms with Crippen LogP contribution in [0.25, 0.3) is 5.69 Å². The van der Waals surface area contributed by atoms with E-state index in [2.05, 4.69) is 10.1 Å². The molecule has 0 unspecified atom stereocenters. The van der Waals surface area contributed by atoms with Crippen LogP contribution >= 0.6 is 0 Å². The van der Waals surface area contributed by atoms with E-state index in [1.807, 2.05) is 31.2 Å². The van der Waals surface area contributed by atoms with Crippen molar-refractivity contribution in [3.8, 4) is 5.69 Å². The van der Waals surface area contributed by atoms with Crippen molar-refractivity contribution >= 4 is 9.84 Å². The quantitative estimate of drug-likeness (QED) is 0.738. The molecule has 1 aromatic carbocycles. The molecule has 6 nitrogen and oxygen atoms in total. The molecule has 2 aromatic heterocycles. The van der Waals surface area contributed by atoms with Gasteiger partial charge in [0.15, 0.2) is 5.76 Å². The molecule has 0 bridgehead atoms. The van der Waals surface area contributed by atoms with Gasteiger partial charge < -0.3 is 4.52 Å². The number of sulfone groups is 1. The number of rotatable bonds is 4. The number of imidazole rings is 1. The van der Waals surface area contributed by atoms with Gasteiger partial charge >= 0.3 is 0 Å². The molecule has 0 fully saturated rings. The zero-order valence-electron chi connectivity index (χ0n) is 12.2. The summed E-state index contributed by atoms with van der Waals surface area (Å²) in [6.07, 6.45) is 3.12. The summed E-state index contributed by atoms with van der Waals surface area (Å²) in [7, 11) is -3.63. The van der Waals surface area contributed by atoms with E-state index in [1.54, 1.807) is 23.8 Å². The minimum atomic E-state index is -3.63. The summed E-state index contributed by atoms with van der Waals surface area (Å²) >= 11 is 0. The van der Waals surface area contributed by atoms with Crippen LogP contribution in [0.4, 0.5) is 0 Å². The minimum absolute atomic E-state index is 0.00384. The summed E-state index contributed by atoms with van der Waals surface area (Å²) in [5.74, 6) is 0.0355. The lowest BCUT2D eigenvalue weighted by Gasteiger charge is -2.10. The Balaban J connectivity index is 2.03. The first-order valence-electron chi connectivity index (χ1n) is 6.72. The van der Waals surface area contributed by atoms with Crippen molar-refractivity contribution in [2.45, 2.75) is 24.8 Å². The number of hydrogen-bond acceptors (Lipinski definition) is 5. The Bertz CT molecular complexity index is 910. The first kappa shape index (κ1) is 14.5. The van der Waals surface area contributed by atoms with E-state index >= 15 is 0 Å². The maximum Gasteiger partial charge on any atom is 0.232 e. The van der Waals surface area contributed by atoms with Crippen molar-refractivity contribution in [3.05, 3.63) is 59.7 Å². The van der Waals surface area contributed by atoms with Gasteiger partial charge in [-0.3, -0.25) is 4.57 Å². The predicted octanol–water partition coefficient (Wildman–Crippen LogP) is 2.45. The molecular formula is C15H15N3O3S. The van der Waals surface area contributed by atoms with Crippen LogP contribution < -0.4 is 0 Å². The lowest BCUT2D eigenvalue weighted by Crippen LogP contribution is -2.12. The number of nitrogens with zero attached hydrogens (tertiary/aromatic N) is 3. The number of hydrogen-bond donors (Lipinski definition) is 0. The fraction of sp³-hybridized carbons (Fsp3) is 0.200. The normalized spacial score (nSPS) is 11.7. The second-order valence-corrected chi connectivity index (χ2v) is 6.94. The van der Waals surface area contributed by atoms with Crippen LogP contribution in [0, 0.1) is 13.8 Å². The van der Waals surface area contributed by atoms with Crippen molar-refractivity contribution in [3.63, 3.8) is 0 Å². The third-order valence-corrected chi connectivity index (χ3v) is 4.79. The molecule has 0 radical (unpaired) electrons. The number of benzene rings is 1. The highest BCUT2D eigenvalue weighted by atomic mass is 32.2. The van der Waals surface area contributed by atoms with E-state index in [-0.39, 0.29) is 10.9 Å². The molecule has 7 heteroatoms. The van der Waals surface area contributed by atoms with Crippen LogP contribution in [0.1, 0.15) is 17.0 Å². The average molecular weight is 317 g/mol. The first-order chi connectivity index (χ1) is 10.5. The van der Waals surface area contributed by atoms with Gasteiger partial charge in [0.05, 0.1) is 11.4 Å². The lowest BCUT2D eigenvalue weighted by atomic mass is 10.2. The Hall–Kier alpha value is -2.41. The molecule has 2 heterocycles. The molecule has 0 spiro atoms. The Morgan fingerprint density at radius 1 is 1.23 bits per heavy atom. The maximum atomic E-state index is 12.6. The Labute approximate surface area is 128 Å². The molecular weight excluding hydrogens is 302 g/mol. The average Bonchev–Trinajstić information content (AvgIpc) is 3.08. The van der Waals surface area contributed by atoms with Gasteiger partial charge in [-0.05, 0) is 25.5 Å². The van der Waals surface area contributed by atoms with E-state index in [0.717, 1.165) is 11.3 Å². The van der Waals surface area contributed by atoms with Crippen LogP contribution in [0.5, 0.6) is 0 Å². The summed E-state index contributed by atoms with van der Waals surface area (Å²) < 4.78 is 31.8. The van der Waals surface area contributed by atoms with E-state index < -0.39 is 9.84 Å². The van der Waals surface area contributed by atoms with Crippen molar-refractivity contribution in [2.75, 3.05) is 0 Å².